The lowest BCUT2D eigenvalue weighted by molar-refractivity contribution is 0.0105. The largest absolute Gasteiger partial charge is 0.365 e. The Bertz CT molecular complexity index is 499. The Balaban J connectivity index is 0.00000161. The van der Waals surface area contributed by atoms with E-state index in [9.17, 15) is 0 Å². The Kier molecular flexibility index (Phi) is 5.16. The summed E-state index contributed by atoms with van der Waals surface area (Å²) in [6, 6.07) is 21.2. The summed E-state index contributed by atoms with van der Waals surface area (Å²) in [6.07, 6.45) is 1.09. The van der Waals surface area contributed by atoms with Crippen LogP contribution < -0.4 is 5.32 Å². The molecule has 1 saturated heterocycles. The van der Waals surface area contributed by atoms with Crippen molar-refractivity contribution < 1.29 is 4.74 Å². The molecule has 2 aromatic rings. The van der Waals surface area contributed by atoms with Crippen LogP contribution in [0.5, 0.6) is 0 Å². The van der Waals surface area contributed by atoms with Crippen LogP contribution in [-0.4, -0.2) is 20.2 Å². The van der Waals surface area contributed by atoms with Gasteiger partial charge < -0.3 is 10.1 Å². The molecule has 1 aliphatic rings. The standard InChI is InChI=1S/C18H21NO.CH4/c1-19-14-17-12-13-20-18(17,15-8-4-2-5-9-15)16-10-6-3-7-11-16;/h2-11,17,19H,12-14H2,1H3;1H4. The zero-order chi connectivity index (χ0) is 13.8. The molecule has 0 amide bonds. The van der Waals surface area contributed by atoms with E-state index in [-0.39, 0.29) is 13.0 Å². The van der Waals surface area contributed by atoms with Crippen molar-refractivity contribution in [2.24, 2.45) is 5.92 Å². The number of hydrogen-bond donors (Lipinski definition) is 1. The van der Waals surface area contributed by atoms with E-state index >= 15 is 0 Å². The summed E-state index contributed by atoms with van der Waals surface area (Å²) in [4.78, 5) is 0. The maximum Gasteiger partial charge on any atom is 0.122 e. The number of rotatable bonds is 4. The van der Waals surface area contributed by atoms with E-state index in [1.54, 1.807) is 0 Å². The topological polar surface area (TPSA) is 21.3 Å². The van der Waals surface area contributed by atoms with E-state index in [4.69, 9.17) is 4.74 Å². The van der Waals surface area contributed by atoms with Gasteiger partial charge in [0.2, 0.25) is 0 Å². The van der Waals surface area contributed by atoms with Gasteiger partial charge >= 0.3 is 0 Å². The highest BCUT2D eigenvalue weighted by molar-refractivity contribution is 5.38. The van der Waals surface area contributed by atoms with Gasteiger partial charge in [0, 0.05) is 19.1 Å². The zero-order valence-corrected chi connectivity index (χ0v) is 11.9. The summed E-state index contributed by atoms with van der Waals surface area (Å²) in [6.45, 7) is 1.78. The second-order valence-electron chi connectivity index (χ2n) is 5.36. The first-order valence-corrected chi connectivity index (χ1v) is 7.27. The molecule has 0 saturated carbocycles. The van der Waals surface area contributed by atoms with Crippen molar-refractivity contribution in [1.29, 1.82) is 0 Å². The predicted molar refractivity (Wildman–Crippen MR) is 88.4 cm³/mol. The fourth-order valence-electron chi connectivity index (χ4n) is 3.35. The highest BCUT2D eigenvalue weighted by Gasteiger charge is 2.46. The van der Waals surface area contributed by atoms with Crippen molar-refractivity contribution in [2.75, 3.05) is 20.2 Å². The SMILES string of the molecule is C.CNCC1CCOC1(c1ccccc1)c1ccccc1. The molecule has 0 aliphatic carbocycles. The van der Waals surface area contributed by atoms with Crippen LogP contribution in [0.4, 0.5) is 0 Å². The van der Waals surface area contributed by atoms with Crippen LogP contribution in [0.15, 0.2) is 60.7 Å². The van der Waals surface area contributed by atoms with E-state index in [0.29, 0.717) is 5.92 Å². The minimum atomic E-state index is -0.314. The van der Waals surface area contributed by atoms with Crippen LogP contribution in [-0.2, 0) is 10.3 Å². The molecule has 2 aromatic carbocycles. The Hall–Kier alpha value is -1.64. The summed E-state index contributed by atoms with van der Waals surface area (Å²) < 4.78 is 6.34. The fourth-order valence-corrected chi connectivity index (χ4v) is 3.35. The quantitative estimate of drug-likeness (QED) is 0.921. The van der Waals surface area contributed by atoms with Crippen molar-refractivity contribution in [2.45, 2.75) is 19.4 Å². The van der Waals surface area contributed by atoms with E-state index in [2.05, 4.69) is 66.0 Å². The molecule has 112 valence electrons. The van der Waals surface area contributed by atoms with Gasteiger partial charge in [0.15, 0.2) is 0 Å². The van der Waals surface area contributed by atoms with Gasteiger partial charge in [0.1, 0.15) is 5.60 Å². The average molecular weight is 283 g/mol. The second kappa shape index (κ2) is 6.88. The molecule has 1 fully saturated rings. The third-order valence-electron chi connectivity index (χ3n) is 4.23. The lowest BCUT2D eigenvalue weighted by Crippen LogP contribution is -2.38. The van der Waals surface area contributed by atoms with Crippen LogP contribution in [0, 0.1) is 5.92 Å². The molecule has 0 aromatic heterocycles. The highest BCUT2D eigenvalue weighted by atomic mass is 16.5. The number of ether oxygens (including phenoxy) is 1. The van der Waals surface area contributed by atoms with Gasteiger partial charge in [0.05, 0.1) is 0 Å². The van der Waals surface area contributed by atoms with Crippen LogP contribution in [0.1, 0.15) is 25.0 Å². The smallest absolute Gasteiger partial charge is 0.122 e. The summed E-state index contributed by atoms with van der Waals surface area (Å²) in [5.74, 6) is 0.456. The van der Waals surface area contributed by atoms with E-state index in [0.717, 1.165) is 19.6 Å². The number of nitrogens with one attached hydrogen (secondary N) is 1. The Morgan fingerprint density at radius 3 is 2.00 bits per heavy atom. The molecular weight excluding hydrogens is 258 g/mol. The van der Waals surface area contributed by atoms with Crippen LogP contribution >= 0.6 is 0 Å². The van der Waals surface area contributed by atoms with E-state index < -0.39 is 0 Å². The van der Waals surface area contributed by atoms with Gasteiger partial charge in [0.25, 0.3) is 0 Å². The third-order valence-corrected chi connectivity index (χ3v) is 4.23. The lowest BCUT2D eigenvalue weighted by atomic mass is 9.76. The predicted octanol–water partition coefficient (Wildman–Crippen LogP) is 3.82. The van der Waals surface area contributed by atoms with Crippen molar-refractivity contribution >= 4 is 0 Å². The number of benzene rings is 2. The third kappa shape index (κ3) is 2.74. The monoisotopic (exact) mass is 283 g/mol. The molecular formula is C19H25NO. The highest BCUT2D eigenvalue weighted by Crippen LogP contribution is 2.46. The summed E-state index contributed by atoms with van der Waals surface area (Å²) >= 11 is 0. The Morgan fingerprint density at radius 2 is 1.52 bits per heavy atom. The molecule has 21 heavy (non-hydrogen) atoms. The lowest BCUT2D eigenvalue weighted by Gasteiger charge is -2.35. The van der Waals surface area contributed by atoms with Gasteiger partial charge in [-0.2, -0.15) is 0 Å². The molecule has 2 nitrogen and oxygen atoms in total. The minimum absolute atomic E-state index is 0. The maximum absolute atomic E-state index is 6.34. The van der Waals surface area contributed by atoms with Crippen molar-refractivity contribution in [1.82, 2.24) is 5.32 Å². The summed E-state index contributed by atoms with van der Waals surface area (Å²) in [7, 11) is 2.01. The minimum Gasteiger partial charge on any atom is -0.365 e. The van der Waals surface area contributed by atoms with E-state index in [1.807, 2.05) is 7.05 Å². The first kappa shape index (κ1) is 15.7. The molecule has 1 aliphatic heterocycles. The number of hydrogen-bond acceptors (Lipinski definition) is 2. The molecule has 1 unspecified atom stereocenters. The van der Waals surface area contributed by atoms with E-state index in [1.165, 1.54) is 11.1 Å². The molecule has 1 N–H and O–H groups in total. The Labute approximate surface area is 128 Å². The van der Waals surface area contributed by atoms with Crippen molar-refractivity contribution in [3.05, 3.63) is 71.8 Å². The summed E-state index contributed by atoms with van der Waals surface area (Å²) in [5, 5.41) is 3.32. The van der Waals surface area contributed by atoms with Crippen LogP contribution in [0.25, 0.3) is 0 Å². The van der Waals surface area contributed by atoms with Gasteiger partial charge in [-0.25, -0.2) is 0 Å². The molecule has 0 bridgehead atoms. The first-order valence-electron chi connectivity index (χ1n) is 7.27. The van der Waals surface area contributed by atoms with Gasteiger partial charge in [-0.3, -0.25) is 0 Å². The molecule has 0 radical (unpaired) electrons. The molecule has 0 spiro atoms. The van der Waals surface area contributed by atoms with Crippen LogP contribution in [0.2, 0.25) is 0 Å². The van der Waals surface area contributed by atoms with Crippen LogP contribution in [0.3, 0.4) is 0 Å². The zero-order valence-electron chi connectivity index (χ0n) is 11.9. The summed E-state index contributed by atoms with van der Waals surface area (Å²) in [5.41, 5.74) is 2.19. The fraction of sp³-hybridized carbons (Fsp3) is 0.368. The van der Waals surface area contributed by atoms with Crippen molar-refractivity contribution in [3.8, 4) is 0 Å². The average Bonchev–Trinajstić information content (AvgIpc) is 2.94. The maximum atomic E-state index is 6.34. The van der Waals surface area contributed by atoms with Gasteiger partial charge in [-0.05, 0) is 24.6 Å². The van der Waals surface area contributed by atoms with Gasteiger partial charge in [-0.1, -0.05) is 68.1 Å². The molecule has 2 heteroatoms. The first-order chi connectivity index (χ1) is 9.88. The van der Waals surface area contributed by atoms with Crippen molar-refractivity contribution in [3.63, 3.8) is 0 Å². The van der Waals surface area contributed by atoms with Gasteiger partial charge in [-0.15, -0.1) is 0 Å². The second-order valence-corrected chi connectivity index (χ2v) is 5.36. The molecule has 3 rings (SSSR count). The Morgan fingerprint density at radius 1 is 1.00 bits per heavy atom. The molecule has 1 heterocycles. The molecule has 1 atom stereocenters. The normalized spacial score (nSPS) is 20.0.